The summed E-state index contributed by atoms with van der Waals surface area (Å²) < 4.78 is 10.6. The van der Waals surface area contributed by atoms with Crippen LogP contribution in [0.5, 0.6) is 11.5 Å². The maximum Gasteiger partial charge on any atom is 0.226 e. The molecule has 0 saturated carbocycles. The summed E-state index contributed by atoms with van der Waals surface area (Å²) in [7, 11) is 3.10. The molecule has 0 aliphatic rings. The summed E-state index contributed by atoms with van der Waals surface area (Å²) >= 11 is 0. The Morgan fingerprint density at radius 2 is 1.86 bits per heavy atom. The number of hydrogen-bond acceptors (Lipinski definition) is 4. The van der Waals surface area contributed by atoms with Crippen molar-refractivity contribution in [2.75, 3.05) is 31.0 Å². The van der Waals surface area contributed by atoms with Crippen molar-refractivity contribution < 1.29 is 19.1 Å². The van der Waals surface area contributed by atoms with Crippen LogP contribution in [0.15, 0.2) is 36.4 Å². The molecule has 2 aromatic carbocycles. The zero-order valence-corrected chi connectivity index (χ0v) is 17.2. The molecule has 0 unspecified atom stereocenters. The average Bonchev–Trinajstić information content (AvgIpc) is 2.69. The van der Waals surface area contributed by atoms with Crippen LogP contribution in [-0.2, 0) is 16.0 Å². The fourth-order valence-electron chi connectivity index (χ4n) is 3.07. The minimum Gasteiger partial charge on any atom is -0.497 e. The number of ether oxygens (including phenoxy) is 2. The van der Waals surface area contributed by atoms with E-state index in [0.717, 1.165) is 23.2 Å². The van der Waals surface area contributed by atoms with Crippen LogP contribution in [-0.4, -0.2) is 32.6 Å². The third-order valence-corrected chi connectivity index (χ3v) is 4.62. The highest BCUT2D eigenvalue weighted by Crippen LogP contribution is 2.32. The van der Waals surface area contributed by atoms with Crippen molar-refractivity contribution in [2.45, 2.75) is 33.6 Å². The smallest absolute Gasteiger partial charge is 0.226 e. The predicted octanol–water partition coefficient (Wildman–Crippen LogP) is 3.96. The maximum absolute atomic E-state index is 12.6. The Morgan fingerprint density at radius 3 is 2.46 bits per heavy atom. The van der Waals surface area contributed by atoms with Crippen molar-refractivity contribution in [1.29, 1.82) is 0 Å². The summed E-state index contributed by atoms with van der Waals surface area (Å²) in [5.74, 6) is 0.837. The highest BCUT2D eigenvalue weighted by Gasteiger charge is 2.19. The molecule has 1 N–H and O–H groups in total. The number of carbonyl (C=O) groups excluding carboxylic acids is 2. The number of carbonyl (C=O) groups is 2. The van der Waals surface area contributed by atoms with E-state index in [1.807, 2.05) is 25.1 Å². The van der Waals surface area contributed by atoms with Gasteiger partial charge in [0, 0.05) is 31.6 Å². The minimum absolute atomic E-state index is 0.142. The van der Waals surface area contributed by atoms with Crippen molar-refractivity contribution in [3.05, 3.63) is 47.5 Å². The van der Waals surface area contributed by atoms with Gasteiger partial charge in [0.2, 0.25) is 11.8 Å². The van der Waals surface area contributed by atoms with Crippen molar-refractivity contribution in [3.63, 3.8) is 0 Å². The van der Waals surface area contributed by atoms with Crippen molar-refractivity contribution in [1.82, 2.24) is 0 Å². The second-order valence-electron chi connectivity index (χ2n) is 6.47. The molecular formula is C22H28N2O4. The normalized spacial score (nSPS) is 10.3. The van der Waals surface area contributed by atoms with Crippen LogP contribution in [0.3, 0.4) is 0 Å². The first-order chi connectivity index (χ1) is 13.4. The molecule has 2 amide bonds. The molecule has 0 bridgehead atoms. The molecule has 6 heteroatoms. The van der Waals surface area contributed by atoms with Gasteiger partial charge in [0.05, 0.1) is 19.9 Å². The Labute approximate surface area is 166 Å². The van der Waals surface area contributed by atoms with Gasteiger partial charge in [-0.25, -0.2) is 0 Å². The number of benzene rings is 2. The Morgan fingerprint density at radius 1 is 1.11 bits per heavy atom. The first-order valence-electron chi connectivity index (χ1n) is 9.29. The van der Waals surface area contributed by atoms with Crippen LogP contribution in [0.1, 0.15) is 31.4 Å². The number of para-hydroxylation sites is 1. The van der Waals surface area contributed by atoms with Crippen LogP contribution in [0.2, 0.25) is 0 Å². The van der Waals surface area contributed by atoms with Gasteiger partial charge in [0.15, 0.2) is 0 Å². The lowest BCUT2D eigenvalue weighted by molar-refractivity contribution is -0.117. The molecule has 150 valence electrons. The maximum atomic E-state index is 12.6. The molecule has 6 nitrogen and oxygen atoms in total. The second kappa shape index (κ2) is 9.78. The second-order valence-corrected chi connectivity index (χ2v) is 6.47. The van der Waals surface area contributed by atoms with E-state index in [9.17, 15) is 9.59 Å². The van der Waals surface area contributed by atoms with E-state index in [4.69, 9.17) is 9.47 Å². The number of rotatable bonds is 8. The number of methoxy groups -OCH3 is 2. The van der Waals surface area contributed by atoms with Gasteiger partial charge < -0.3 is 19.7 Å². The van der Waals surface area contributed by atoms with Gasteiger partial charge in [-0.15, -0.1) is 0 Å². The quantitative estimate of drug-likeness (QED) is 0.748. The van der Waals surface area contributed by atoms with E-state index >= 15 is 0 Å². The van der Waals surface area contributed by atoms with E-state index in [1.54, 1.807) is 32.4 Å². The standard InChI is InChI=1S/C22H28N2O4/c1-6-17-9-7-8-15(2)22(17)23-21(26)12-13-24(16(3)25)19-14-18(27-4)10-11-20(19)28-5/h7-11,14H,6,12-13H2,1-5H3,(H,23,26). The molecule has 0 atom stereocenters. The summed E-state index contributed by atoms with van der Waals surface area (Å²) in [5.41, 5.74) is 3.53. The molecule has 0 saturated heterocycles. The summed E-state index contributed by atoms with van der Waals surface area (Å²) in [6, 6.07) is 11.2. The highest BCUT2D eigenvalue weighted by atomic mass is 16.5. The van der Waals surface area contributed by atoms with E-state index in [0.29, 0.717) is 17.2 Å². The SMILES string of the molecule is CCc1cccc(C)c1NC(=O)CCN(C(C)=O)c1cc(OC)ccc1OC. The molecule has 0 spiro atoms. The minimum atomic E-state index is -0.176. The lowest BCUT2D eigenvalue weighted by Crippen LogP contribution is -2.32. The summed E-state index contributed by atoms with van der Waals surface area (Å²) in [6.07, 6.45) is 0.995. The number of anilines is 2. The summed E-state index contributed by atoms with van der Waals surface area (Å²) in [6.45, 7) is 5.72. The van der Waals surface area contributed by atoms with Crippen molar-refractivity contribution in [2.24, 2.45) is 0 Å². The topological polar surface area (TPSA) is 67.9 Å². The van der Waals surface area contributed by atoms with Gasteiger partial charge in [0.25, 0.3) is 0 Å². The number of hydrogen-bond donors (Lipinski definition) is 1. The van der Waals surface area contributed by atoms with Crippen LogP contribution < -0.4 is 19.7 Å². The molecule has 0 fully saturated rings. The number of aryl methyl sites for hydroxylation is 2. The zero-order chi connectivity index (χ0) is 20.7. The third kappa shape index (κ3) is 5.03. The largest absolute Gasteiger partial charge is 0.497 e. The first-order valence-corrected chi connectivity index (χ1v) is 9.29. The molecule has 28 heavy (non-hydrogen) atoms. The summed E-state index contributed by atoms with van der Waals surface area (Å²) in [5, 5.41) is 2.99. The van der Waals surface area contributed by atoms with Gasteiger partial charge in [-0.05, 0) is 36.6 Å². The van der Waals surface area contributed by atoms with Crippen LogP contribution in [0.25, 0.3) is 0 Å². The van der Waals surface area contributed by atoms with E-state index in [2.05, 4.69) is 12.2 Å². The van der Waals surface area contributed by atoms with Crippen LogP contribution >= 0.6 is 0 Å². The van der Waals surface area contributed by atoms with Gasteiger partial charge in [-0.2, -0.15) is 0 Å². The van der Waals surface area contributed by atoms with Gasteiger partial charge in [-0.3, -0.25) is 9.59 Å². The summed E-state index contributed by atoms with van der Waals surface area (Å²) in [4.78, 5) is 26.3. The van der Waals surface area contributed by atoms with Crippen LogP contribution in [0, 0.1) is 6.92 Å². The lowest BCUT2D eigenvalue weighted by Gasteiger charge is -2.24. The number of nitrogens with zero attached hydrogens (tertiary/aromatic N) is 1. The van der Waals surface area contributed by atoms with Crippen LogP contribution in [0.4, 0.5) is 11.4 Å². The molecule has 2 rings (SSSR count). The lowest BCUT2D eigenvalue weighted by atomic mass is 10.1. The van der Waals surface area contributed by atoms with E-state index in [1.165, 1.54) is 11.8 Å². The zero-order valence-electron chi connectivity index (χ0n) is 17.2. The number of nitrogens with one attached hydrogen (secondary N) is 1. The Bertz CT molecular complexity index is 848. The molecule has 0 radical (unpaired) electrons. The molecule has 0 aliphatic heterocycles. The molecule has 0 aliphatic carbocycles. The molecule has 2 aromatic rings. The fraction of sp³-hybridized carbons (Fsp3) is 0.364. The van der Waals surface area contributed by atoms with Crippen molar-refractivity contribution >= 4 is 23.2 Å². The van der Waals surface area contributed by atoms with E-state index in [-0.39, 0.29) is 24.8 Å². The predicted molar refractivity (Wildman–Crippen MR) is 111 cm³/mol. The van der Waals surface area contributed by atoms with Gasteiger partial charge in [0.1, 0.15) is 11.5 Å². The third-order valence-electron chi connectivity index (χ3n) is 4.62. The average molecular weight is 384 g/mol. The Kier molecular flexibility index (Phi) is 7.44. The monoisotopic (exact) mass is 384 g/mol. The Hall–Kier alpha value is -3.02. The first kappa shape index (κ1) is 21.3. The van der Waals surface area contributed by atoms with Gasteiger partial charge >= 0.3 is 0 Å². The number of amides is 2. The molecule has 0 heterocycles. The van der Waals surface area contributed by atoms with Crippen molar-refractivity contribution in [3.8, 4) is 11.5 Å². The molecular weight excluding hydrogens is 356 g/mol. The fourth-order valence-corrected chi connectivity index (χ4v) is 3.07. The highest BCUT2D eigenvalue weighted by molar-refractivity contribution is 5.96. The Balaban J connectivity index is 2.17. The molecule has 0 aromatic heterocycles. The van der Waals surface area contributed by atoms with Gasteiger partial charge in [-0.1, -0.05) is 25.1 Å². The van der Waals surface area contributed by atoms with E-state index < -0.39 is 0 Å².